The van der Waals surface area contributed by atoms with Crippen molar-refractivity contribution >= 4 is 34.5 Å². The fourth-order valence-electron chi connectivity index (χ4n) is 7.31. The van der Waals surface area contributed by atoms with Gasteiger partial charge in [-0.25, -0.2) is 0 Å². The van der Waals surface area contributed by atoms with E-state index in [4.69, 9.17) is 16.6 Å². The SMILES string of the molecule is CCC1CCC(c2ccc(Cc3cc4c(cn3)C=C(c3ccc(C5=CCC(C)C=C5C)cc3Cl)CN4CC)cc2)CC1. The van der Waals surface area contributed by atoms with Crippen LogP contribution in [0.25, 0.3) is 17.2 Å². The van der Waals surface area contributed by atoms with Crippen molar-refractivity contribution in [3.8, 4) is 0 Å². The summed E-state index contributed by atoms with van der Waals surface area (Å²) in [5, 5.41) is 0.817. The van der Waals surface area contributed by atoms with Crippen LogP contribution in [0.15, 0.2) is 72.5 Å². The van der Waals surface area contributed by atoms with Gasteiger partial charge in [0, 0.05) is 47.7 Å². The molecule has 1 aromatic heterocycles. The molecule has 0 radical (unpaired) electrons. The van der Waals surface area contributed by atoms with Gasteiger partial charge in [0.1, 0.15) is 0 Å². The van der Waals surface area contributed by atoms with Gasteiger partial charge >= 0.3 is 0 Å². The normalized spacial score (nSPS) is 22.3. The Morgan fingerprint density at radius 1 is 0.976 bits per heavy atom. The number of fused-ring (bicyclic) bond motifs is 1. The van der Waals surface area contributed by atoms with Crippen LogP contribution >= 0.6 is 11.6 Å². The molecule has 0 saturated heterocycles. The summed E-state index contributed by atoms with van der Waals surface area (Å²) in [6, 6.07) is 18.3. The van der Waals surface area contributed by atoms with Gasteiger partial charge in [0.25, 0.3) is 0 Å². The third kappa shape index (κ3) is 6.16. The number of nitrogens with zero attached hydrogens (tertiary/aromatic N) is 2. The van der Waals surface area contributed by atoms with E-state index < -0.39 is 0 Å². The molecule has 3 aliphatic rings. The molecule has 0 N–H and O–H groups in total. The highest BCUT2D eigenvalue weighted by Crippen LogP contribution is 2.39. The van der Waals surface area contributed by atoms with E-state index >= 15 is 0 Å². The summed E-state index contributed by atoms with van der Waals surface area (Å²) < 4.78 is 0. The average Bonchev–Trinajstić information content (AvgIpc) is 3.01. The van der Waals surface area contributed by atoms with E-state index in [9.17, 15) is 0 Å². The van der Waals surface area contributed by atoms with Gasteiger partial charge in [0.05, 0.1) is 0 Å². The van der Waals surface area contributed by atoms with Crippen LogP contribution in [0.2, 0.25) is 5.02 Å². The van der Waals surface area contributed by atoms with E-state index in [2.05, 4.69) is 106 Å². The van der Waals surface area contributed by atoms with Gasteiger partial charge in [-0.15, -0.1) is 0 Å². The molecule has 0 amide bonds. The Balaban J connectivity index is 1.18. The van der Waals surface area contributed by atoms with Crippen molar-refractivity contribution in [2.75, 3.05) is 18.0 Å². The lowest BCUT2D eigenvalue weighted by molar-refractivity contribution is 0.319. The molecule has 1 fully saturated rings. The molecular weight excluding hydrogens is 532 g/mol. The number of rotatable bonds is 7. The van der Waals surface area contributed by atoms with Gasteiger partial charge in [-0.3, -0.25) is 4.98 Å². The van der Waals surface area contributed by atoms with Crippen LogP contribution in [0, 0.1) is 11.8 Å². The van der Waals surface area contributed by atoms with Gasteiger partial charge in [-0.1, -0.05) is 80.4 Å². The number of aromatic nitrogens is 1. The molecule has 6 rings (SSSR count). The second-order valence-corrected chi connectivity index (χ2v) is 13.2. The minimum absolute atomic E-state index is 0.603. The van der Waals surface area contributed by atoms with Gasteiger partial charge in [0.2, 0.25) is 0 Å². The number of likely N-dealkylation sites (N-methyl/N-ethyl adjacent to an activating group) is 1. The van der Waals surface area contributed by atoms with Gasteiger partial charge in [-0.2, -0.15) is 0 Å². The summed E-state index contributed by atoms with van der Waals surface area (Å²) in [5.74, 6) is 2.28. The number of halogens is 1. The number of pyridine rings is 1. The van der Waals surface area contributed by atoms with Crippen LogP contribution in [-0.2, 0) is 6.42 Å². The maximum Gasteiger partial charge on any atom is 0.0487 e. The summed E-state index contributed by atoms with van der Waals surface area (Å²) >= 11 is 6.94. The molecule has 2 nitrogen and oxygen atoms in total. The molecule has 1 saturated carbocycles. The Bertz CT molecular complexity index is 1520. The van der Waals surface area contributed by atoms with Crippen molar-refractivity contribution in [1.29, 1.82) is 0 Å². The van der Waals surface area contributed by atoms with Crippen LogP contribution in [0.5, 0.6) is 0 Å². The largest absolute Gasteiger partial charge is 0.367 e. The maximum atomic E-state index is 6.94. The first-order valence-electron chi connectivity index (χ1n) is 16.1. The first kappa shape index (κ1) is 29.0. The van der Waals surface area contributed by atoms with E-state index in [0.29, 0.717) is 5.92 Å². The molecule has 2 aromatic carbocycles. The Kier molecular flexibility index (Phi) is 8.72. The number of anilines is 1. The van der Waals surface area contributed by atoms with Crippen molar-refractivity contribution < 1.29 is 0 Å². The number of hydrogen-bond acceptors (Lipinski definition) is 2. The van der Waals surface area contributed by atoms with Gasteiger partial charge in [-0.05, 0) is 121 Å². The smallest absolute Gasteiger partial charge is 0.0487 e. The summed E-state index contributed by atoms with van der Waals surface area (Å²) in [5.41, 5.74) is 12.6. The zero-order valence-electron chi connectivity index (χ0n) is 25.8. The van der Waals surface area contributed by atoms with E-state index in [1.54, 1.807) is 0 Å². The molecule has 0 spiro atoms. The van der Waals surface area contributed by atoms with Crippen molar-refractivity contribution in [2.45, 2.75) is 78.6 Å². The molecule has 42 heavy (non-hydrogen) atoms. The third-order valence-corrected chi connectivity index (χ3v) is 10.2. The van der Waals surface area contributed by atoms with Crippen molar-refractivity contribution in [3.05, 3.63) is 111 Å². The third-order valence-electron chi connectivity index (χ3n) is 9.92. The van der Waals surface area contributed by atoms with Crippen LogP contribution < -0.4 is 4.90 Å². The highest BCUT2D eigenvalue weighted by Gasteiger charge is 2.23. The fraction of sp³-hybridized carbons (Fsp3) is 0.410. The average molecular weight is 577 g/mol. The molecule has 1 unspecified atom stereocenters. The van der Waals surface area contributed by atoms with Crippen molar-refractivity contribution in [3.63, 3.8) is 0 Å². The zero-order chi connectivity index (χ0) is 29.2. The van der Waals surface area contributed by atoms with Crippen LogP contribution in [0.4, 0.5) is 5.69 Å². The summed E-state index contributed by atoms with van der Waals surface area (Å²) in [7, 11) is 0. The summed E-state index contributed by atoms with van der Waals surface area (Å²) in [4.78, 5) is 7.36. The molecule has 1 aliphatic heterocycles. The lowest BCUT2D eigenvalue weighted by Crippen LogP contribution is -2.28. The lowest BCUT2D eigenvalue weighted by atomic mass is 9.78. The minimum Gasteiger partial charge on any atom is -0.367 e. The molecule has 3 aromatic rings. The molecule has 0 bridgehead atoms. The molecule has 3 heteroatoms. The minimum atomic E-state index is 0.603. The van der Waals surface area contributed by atoms with Crippen LogP contribution in [0.3, 0.4) is 0 Å². The lowest BCUT2D eigenvalue weighted by Gasteiger charge is -2.31. The second-order valence-electron chi connectivity index (χ2n) is 12.8. The van der Waals surface area contributed by atoms with Crippen LogP contribution in [0.1, 0.15) is 106 Å². The Labute approximate surface area is 258 Å². The van der Waals surface area contributed by atoms with E-state index in [-0.39, 0.29) is 0 Å². The molecule has 2 heterocycles. The standard InChI is InChI=1S/C39H45ClN2/c1-5-28-8-12-30(13-9-28)31-14-10-29(11-15-31)20-35-23-39-33(24-41-35)21-34(25-42(39)6-2)37-18-16-32(22-38(37)40)36-17-7-26(3)19-27(36)4/h10-11,14-19,21-24,26,28,30H,5-9,12-13,20,25H2,1-4H3. The molecule has 218 valence electrons. The van der Waals surface area contributed by atoms with Crippen molar-refractivity contribution in [1.82, 2.24) is 4.98 Å². The van der Waals surface area contributed by atoms with E-state index in [1.165, 1.54) is 76.8 Å². The van der Waals surface area contributed by atoms with Gasteiger partial charge < -0.3 is 4.90 Å². The molecular formula is C39H45ClN2. The Morgan fingerprint density at radius 3 is 2.45 bits per heavy atom. The predicted molar refractivity (Wildman–Crippen MR) is 181 cm³/mol. The maximum absolute atomic E-state index is 6.94. The van der Waals surface area contributed by atoms with E-state index in [1.807, 2.05) is 0 Å². The second kappa shape index (κ2) is 12.6. The Hall–Kier alpha value is -3.10. The highest BCUT2D eigenvalue weighted by molar-refractivity contribution is 6.33. The van der Waals surface area contributed by atoms with Crippen molar-refractivity contribution in [2.24, 2.45) is 11.8 Å². The monoisotopic (exact) mass is 576 g/mol. The van der Waals surface area contributed by atoms with Gasteiger partial charge in [0.15, 0.2) is 0 Å². The zero-order valence-corrected chi connectivity index (χ0v) is 26.6. The summed E-state index contributed by atoms with van der Waals surface area (Å²) in [6.07, 6.45) is 17.8. The highest BCUT2D eigenvalue weighted by atomic mass is 35.5. The number of benzene rings is 2. The first-order chi connectivity index (χ1) is 20.4. The topological polar surface area (TPSA) is 16.1 Å². The first-order valence-corrected chi connectivity index (χ1v) is 16.5. The van der Waals surface area contributed by atoms with E-state index in [0.717, 1.165) is 54.0 Å². The predicted octanol–water partition coefficient (Wildman–Crippen LogP) is 10.8. The number of hydrogen-bond donors (Lipinski definition) is 0. The summed E-state index contributed by atoms with van der Waals surface area (Å²) in [6.45, 7) is 10.8. The number of allylic oxidation sites excluding steroid dienone is 4. The Morgan fingerprint density at radius 2 is 1.76 bits per heavy atom. The quantitative estimate of drug-likeness (QED) is 0.278. The molecule has 2 aliphatic carbocycles. The van der Waals surface area contributed by atoms with Crippen LogP contribution in [-0.4, -0.2) is 18.1 Å². The molecule has 1 atom stereocenters. The fourth-order valence-corrected chi connectivity index (χ4v) is 7.61.